The van der Waals surface area contributed by atoms with E-state index in [0.717, 1.165) is 11.4 Å². The van der Waals surface area contributed by atoms with Crippen LogP contribution in [0.1, 0.15) is 17.2 Å². The van der Waals surface area contributed by atoms with Crippen LogP contribution < -0.4 is 10.4 Å². The third kappa shape index (κ3) is 3.65. The summed E-state index contributed by atoms with van der Waals surface area (Å²) in [5.74, 6) is 0. The second-order valence-corrected chi connectivity index (χ2v) is 7.23. The molecular weight excluding hydrogens is 352 g/mol. The van der Waals surface area contributed by atoms with Gasteiger partial charge in [0.2, 0.25) is 0 Å². The van der Waals surface area contributed by atoms with Gasteiger partial charge in [-0.25, -0.2) is 0 Å². The highest BCUT2D eigenvalue weighted by atomic mass is 15.5. The first kappa shape index (κ1) is 17.3. The summed E-state index contributed by atoms with van der Waals surface area (Å²) in [5.41, 5.74) is 8.29. The van der Waals surface area contributed by atoms with Crippen molar-refractivity contribution in [2.24, 2.45) is 0 Å². The van der Waals surface area contributed by atoms with Crippen LogP contribution in [0, 0.1) is 0 Å². The van der Waals surface area contributed by atoms with Gasteiger partial charge in [-0.05, 0) is 46.2 Å². The van der Waals surface area contributed by atoms with Crippen LogP contribution >= 0.6 is 0 Å². The van der Waals surface area contributed by atoms with Crippen LogP contribution in [0.3, 0.4) is 0 Å². The smallest absolute Gasteiger partial charge is 0.0958 e. The molecular formula is C27H22N2. The lowest BCUT2D eigenvalue weighted by Gasteiger charge is -2.27. The molecule has 0 aliphatic carbocycles. The highest BCUT2D eigenvalue weighted by molar-refractivity contribution is 5.86. The van der Waals surface area contributed by atoms with Crippen molar-refractivity contribution < 1.29 is 0 Å². The maximum absolute atomic E-state index is 3.60. The maximum Gasteiger partial charge on any atom is 0.0958 e. The molecule has 0 spiro atoms. The second kappa shape index (κ2) is 7.69. The van der Waals surface area contributed by atoms with Gasteiger partial charge in [-0.3, -0.25) is 10.4 Å². The molecule has 0 saturated heterocycles. The van der Waals surface area contributed by atoms with Gasteiger partial charge in [0.15, 0.2) is 0 Å². The van der Waals surface area contributed by atoms with Crippen molar-refractivity contribution in [3.63, 3.8) is 0 Å². The number of nitrogens with one attached hydrogen (secondary N) is 1. The first-order valence-electron chi connectivity index (χ1n) is 9.91. The van der Waals surface area contributed by atoms with Crippen molar-refractivity contribution in [2.75, 3.05) is 5.01 Å². The van der Waals surface area contributed by atoms with E-state index in [9.17, 15) is 0 Å². The summed E-state index contributed by atoms with van der Waals surface area (Å²) in [6, 6.07) is 36.2. The number of rotatable bonds is 4. The highest BCUT2D eigenvalue weighted by Gasteiger charge is 2.25. The molecule has 29 heavy (non-hydrogen) atoms. The predicted molar refractivity (Wildman–Crippen MR) is 122 cm³/mol. The molecule has 0 radical (unpaired) electrons. The minimum atomic E-state index is 0.132. The standard InChI is InChI=1S/C27H22N2/c1-3-9-21(10-4-1)15-17-25-20-27(23-12-5-2-6-13-23)29(28-25)26-18-16-22-11-7-8-14-24(22)19-26/h1-20,27-28H. The van der Waals surface area contributed by atoms with E-state index in [1.807, 2.05) is 6.07 Å². The third-order valence-electron chi connectivity index (χ3n) is 5.27. The molecule has 0 saturated carbocycles. The monoisotopic (exact) mass is 374 g/mol. The lowest BCUT2D eigenvalue weighted by atomic mass is 10.0. The van der Waals surface area contributed by atoms with Crippen molar-refractivity contribution in [3.05, 3.63) is 132 Å². The number of hydrogen-bond acceptors (Lipinski definition) is 2. The fraction of sp³-hybridized carbons (Fsp3) is 0.0370. The Balaban J connectivity index is 1.50. The molecule has 1 heterocycles. The largest absolute Gasteiger partial charge is 0.298 e. The predicted octanol–water partition coefficient (Wildman–Crippen LogP) is 6.50. The van der Waals surface area contributed by atoms with Crippen molar-refractivity contribution in [1.29, 1.82) is 0 Å². The number of allylic oxidation sites excluding steroid dienone is 1. The number of anilines is 1. The van der Waals surface area contributed by atoms with Gasteiger partial charge >= 0.3 is 0 Å². The molecule has 1 atom stereocenters. The molecule has 1 N–H and O–H groups in total. The van der Waals surface area contributed by atoms with Gasteiger partial charge in [0.25, 0.3) is 0 Å². The number of benzene rings is 4. The highest BCUT2D eigenvalue weighted by Crippen LogP contribution is 2.33. The molecule has 2 nitrogen and oxygen atoms in total. The summed E-state index contributed by atoms with van der Waals surface area (Å²) in [6.07, 6.45) is 6.57. The van der Waals surface area contributed by atoms with Crippen LogP contribution in [0.2, 0.25) is 0 Å². The summed E-state index contributed by atoms with van der Waals surface area (Å²) in [7, 11) is 0. The Hall–Kier alpha value is -3.78. The quantitative estimate of drug-likeness (QED) is 0.438. The van der Waals surface area contributed by atoms with Crippen LogP contribution in [0.5, 0.6) is 0 Å². The average Bonchev–Trinajstić information content (AvgIpc) is 3.23. The SMILES string of the molecule is C(=Cc1ccccc1)C1=CC(c2ccccc2)N(c2ccc3ccccc3c2)N1. The molecule has 4 aromatic rings. The van der Waals surface area contributed by atoms with E-state index >= 15 is 0 Å². The van der Waals surface area contributed by atoms with Gasteiger partial charge < -0.3 is 0 Å². The van der Waals surface area contributed by atoms with E-state index in [1.54, 1.807) is 0 Å². The molecule has 1 aliphatic rings. The van der Waals surface area contributed by atoms with E-state index in [2.05, 4.69) is 126 Å². The number of hydrogen-bond donors (Lipinski definition) is 1. The molecule has 0 aromatic heterocycles. The van der Waals surface area contributed by atoms with Crippen molar-refractivity contribution in [3.8, 4) is 0 Å². The first-order chi connectivity index (χ1) is 14.4. The van der Waals surface area contributed by atoms with Crippen molar-refractivity contribution in [2.45, 2.75) is 6.04 Å². The minimum Gasteiger partial charge on any atom is -0.298 e. The number of hydrazine groups is 1. The second-order valence-electron chi connectivity index (χ2n) is 7.23. The zero-order chi connectivity index (χ0) is 19.5. The summed E-state index contributed by atoms with van der Waals surface area (Å²) in [5, 5.41) is 4.74. The van der Waals surface area contributed by atoms with Crippen LogP contribution in [-0.4, -0.2) is 0 Å². The fourth-order valence-electron chi connectivity index (χ4n) is 3.78. The Kier molecular flexibility index (Phi) is 4.59. The Morgan fingerprint density at radius 1 is 0.655 bits per heavy atom. The topological polar surface area (TPSA) is 15.3 Å². The van der Waals surface area contributed by atoms with Crippen LogP contribution in [0.15, 0.2) is 121 Å². The maximum atomic E-state index is 3.60. The van der Waals surface area contributed by atoms with Gasteiger partial charge in [0.1, 0.15) is 0 Å². The number of fused-ring (bicyclic) bond motifs is 1. The zero-order valence-electron chi connectivity index (χ0n) is 16.1. The molecule has 0 fully saturated rings. The van der Waals surface area contributed by atoms with Crippen LogP contribution in [0.25, 0.3) is 16.8 Å². The fourth-order valence-corrected chi connectivity index (χ4v) is 3.78. The van der Waals surface area contributed by atoms with Crippen LogP contribution in [0.4, 0.5) is 5.69 Å². The Morgan fingerprint density at radius 2 is 1.34 bits per heavy atom. The summed E-state index contributed by atoms with van der Waals surface area (Å²) in [4.78, 5) is 0. The van der Waals surface area contributed by atoms with E-state index in [0.29, 0.717) is 0 Å². The number of nitrogens with zero attached hydrogens (tertiary/aromatic N) is 1. The lowest BCUT2D eigenvalue weighted by molar-refractivity contribution is 0.710. The molecule has 0 bridgehead atoms. The molecule has 5 rings (SSSR count). The van der Waals surface area contributed by atoms with Gasteiger partial charge in [-0.15, -0.1) is 0 Å². The molecule has 1 unspecified atom stereocenters. The summed E-state index contributed by atoms with van der Waals surface area (Å²) in [6.45, 7) is 0. The Labute approximate surface area is 171 Å². The van der Waals surface area contributed by atoms with E-state index in [1.165, 1.54) is 21.9 Å². The zero-order valence-corrected chi connectivity index (χ0v) is 16.1. The van der Waals surface area contributed by atoms with Gasteiger partial charge in [0, 0.05) is 0 Å². The Morgan fingerprint density at radius 3 is 2.14 bits per heavy atom. The average molecular weight is 374 g/mol. The third-order valence-corrected chi connectivity index (χ3v) is 5.27. The summed E-state index contributed by atoms with van der Waals surface area (Å²) >= 11 is 0. The van der Waals surface area contributed by atoms with Crippen molar-refractivity contribution in [1.82, 2.24) is 5.43 Å². The van der Waals surface area contributed by atoms with Crippen molar-refractivity contribution >= 4 is 22.5 Å². The van der Waals surface area contributed by atoms with Gasteiger partial charge in [-0.2, -0.15) is 0 Å². The molecule has 140 valence electrons. The lowest BCUT2D eigenvalue weighted by Crippen LogP contribution is -2.34. The van der Waals surface area contributed by atoms with E-state index in [-0.39, 0.29) is 6.04 Å². The van der Waals surface area contributed by atoms with E-state index < -0.39 is 0 Å². The normalized spacial score (nSPS) is 16.2. The minimum absolute atomic E-state index is 0.132. The Bertz CT molecular complexity index is 1180. The molecule has 0 amide bonds. The molecule has 4 aromatic carbocycles. The van der Waals surface area contributed by atoms with Crippen LogP contribution in [-0.2, 0) is 0 Å². The summed E-state index contributed by atoms with van der Waals surface area (Å²) < 4.78 is 0. The first-order valence-corrected chi connectivity index (χ1v) is 9.91. The van der Waals surface area contributed by atoms with Gasteiger partial charge in [0.05, 0.1) is 17.4 Å². The molecule has 1 aliphatic heterocycles. The van der Waals surface area contributed by atoms with E-state index in [4.69, 9.17) is 0 Å². The molecule has 2 heteroatoms. The van der Waals surface area contributed by atoms with Gasteiger partial charge in [-0.1, -0.05) is 97.1 Å².